The number of hydrogen-bond acceptors (Lipinski definition) is 4. The third-order valence-corrected chi connectivity index (χ3v) is 2.58. The standard InChI is InChI=1S/C14H20N2O2/c1-4-9-16(10-12(2)15-17)11-13-5-7-14(18-3)8-6-13/h4-8,17H,1,9-11H2,2-3H3/b15-12+. The zero-order valence-corrected chi connectivity index (χ0v) is 11.0. The summed E-state index contributed by atoms with van der Waals surface area (Å²) in [5, 5.41) is 11.9. The van der Waals surface area contributed by atoms with Gasteiger partial charge in [-0.15, -0.1) is 6.58 Å². The van der Waals surface area contributed by atoms with Crippen LogP contribution in [0.3, 0.4) is 0 Å². The Bertz CT molecular complexity index is 399. The van der Waals surface area contributed by atoms with Crippen molar-refractivity contribution in [2.24, 2.45) is 5.16 Å². The Labute approximate surface area is 108 Å². The lowest BCUT2D eigenvalue weighted by molar-refractivity contribution is 0.301. The highest BCUT2D eigenvalue weighted by Gasteiger charge is 2.06. The van der Waals surface area contributed by atoms with E-state index in [-0.39, 0.29) is 0 Å². The average molecular weight is 248 g/mol. The molecule has 1 N–H and O–H groups in total. The molecule has 0 aliphatic heterocycles. The minimum atomic E-state index is 0.620. The number of rotatable bonds is 7. The number of oxime groups is 1. The van der Waals surface area contributed by atoms with E-state index in [0.29, 0.717) is 12.3 Å². The van der Waals surface area contributed by atoms with E-state index < -0.39 is 0 Å². The van der Waals surface area contributed by atoms with Gasteiger partial charge in [-0.1, -0.05) is 23.4 Å². The molecule has 0 unspecified atom stereocenters. The van der Waals surface area contributed by atoms with Gasteiger partial charge in [-0.2, -0.15) is 0 Å². The smallest absolute Gasteiger partial charge is 0.118 e. The number of benzene rings is 1. The zero-order chi connectivity index (χ0) is 13.4. The van der Waals surface area contributed by atoms with Gasteiger partial charge in [-0.25, -0.2) is 0 Å². The molecule has 98 valence electrons. The SMILES string of the molecule is C=CCN(C/C(C)=N/O)Cc1ccc(OC)cc1. The molecule has 0 saturated heterocycles. The first-order valence-electron chi connectivity index (χ1n) is 5.83. The van der Waals surface area contributed by atoms with Gasteiger partial charge < -0.3 is 9.94 Å². The van der Waals surface area contributed by atoms with Crippen LogP contribution in [0.5, 0.6) is 5.75 Å². The Balaban J connectivity index is 2.66. The molecule has 0 spiro atoms. The fourth-order valence-electron chi connectivity index (χ4n) is 1.71. The van der Waals surface area contributed by atoms with Gasteiger partial charge in [0.15, 0.2) is 0 Å². The predicted octanol–water partition coefficient (Wildman–Crippen LogP) is 2.53. The van der Waals surface area contributed by atoms with Gasteiger partial charge in [0.2, 0.25) is 0 Å². The summed E-state index contributed by atoms with van der Waals surface area (Å²) in [6.45, 7) is 7.68. The quantitative estimate of drug-likeness (QED) is 0.349. The van der Waals surface area contributed by atoms with Crippen molar-refractivity contribution in [1.82, 2.24) is 4.90 Å². The highest BCUT2D eigenvalue weighted by molar-refractivity contribution is 5.83. The van der Waals surface area contributed by atoms with E-state index in [1.807, 2.05) is 30.3 Å². The summed E-state index contributed by atoms with van der Waals surface area (Å²) >= 11 is 0. The molecule has 0 saturated carbocycles. The van der Waals surface area contributed by atoms with E-state index in [4.69, 9.17) is 9.94 Å². The molecule has 0 heterocycles. The fourth-order valence-corrected chi connectivity index (χ4v) is 1.71. The van der Waals surface area contributed by atoms with Gasteiger partial charge in [0.1, 0.15) is 5.75 Å². The van der Waals surface area contributed by atoms with Gasteiger partial charge in [-0.3, -0.25) is 4.90 Å². The molecule has 0 radical (unpaired) electrons. The van der Waals surface area contributed by atoms with E-state index in [9.17, 15) is 0 Å². The van der Waals surface area contributed by atoms with Crippen molar-refractivity contribution < 1.29 is 9.94 Å². The second-order valence-electron chi connectivity index (χ2n) is 4.14. The number of nitrogens with zero attached hydrogens (tertiary/aromatic N) is 2. The summed E-state index contributed by atoms with van der Waals surface area (Å²) in [4.78, 5) is 2.14. The van der Waals surface area contributed by atoms with E-state index in [1.165, 1.54) is 5.56 Å². The molecule has 1 aromatic rings. The third-order valence-electron chi connectivity index (χ3n) is 2.58. The van der Waals surface area contributed by atoms with Crippen LogP contribution in [0.25, 0.3) is 0 Å². The normalized spacial score (nSPS) is 11.6. The molecular formula is C14H20N2O2. The molecule has 18 heavy (non-hydrogen) atoms. The number of hydrogen-bond donors (Lipinski definition) is 1. The monoisotopic (exact) mass is 248 g/mol. The molecule has 0 aromatic heterocycles. The fraction of sp³-hybridized carbons (Fsp3) is 0.357. The molecule has 4 heteroatoms. The van der Waals surface area contributed by atoms with Crippen LogP contribution in [0, 0.1) is 0 Å². The molecule has 1 aromatic carbocycles. The van der Waals surface area contributed by atoms with Gasteiger partial charge in [0.05, 0.1) is 12.8 Å². The number of methoxy groups -OCH3 is 1. The Morgan fingerprint density at radius 1 is 1.44 bits per heavy atom. The summed E-state index contributed by atoms with van der Waals surface area (Å²) in [6.07, 6.45) is 1.84. The van der Waals surface area contributed by atoms with Crippen LogP contribution in [-0.4, -0.2) is 36.0 Å². The van der Waals surface area contributed by atoms with Gasteiger partial charge in [0, 0.05) is 19.6 Å². The summed E-state index contributed by atoms with van der Waals surface area (Å²) in [5.74, 6) is 0.849. The first-order chi connectivity index (χ1) is 8.69. The maximum Gasteiger partial charge on any atom is 0.118 e. The first kappa shape index (κ1) is 14.3. The van der Waals surface area contributed by atoms with Crippen LogP contribution in [0.2, 0.25) is 0 Å². The lowest BCUT2D eigenvalue weighted by atomic mass is 10.2. The van der Waals surface area contributed by atoms with Crippen LogP contribution in [0.4, 0.5) is 0 Å². The van der Waals surface area contributed by atoms with E-state index >= 15 is 0 Å². The van der Waals surface area contributed by atoms with Crippen molar-refractivity contribution in [3.8, 4) is 5.75 Å². The summed E-state index contributed by atoms with van der Waals surface area (Å²) in [7, 11) is 1.65. The van der Waals surface area contributed by atoms with Crippen LogP contribution in [-0.2, 0) is 6.54 Å². The minimum absolute atomic E-state index is 0.620. The van der Waals surface area contributed by atoms with E-state index in [0.717, 1.165) is 18.8 Å². The van der Waals surface area contributed by atoms with Crippen LogP contribution >= 0.6 is 0 Å². The summed E-state index contributed by atoms with van der Waals surface area (Å²) in [5.41, 5.74) is 1.87. The second kappa shape index (κ2) is 7.50. The van der Waals surface area contributed by atoms with E-state index in [1.54, 1.807) is 14.0 Å². The Hall–Kier alpha value is -1.81. The topological polar surface area (TPSA) is 45.1 Å². The average Bonchev–Trinajstić information content (AvgIpc) is 2.39. The van der Waals surface area contributed by atoms with Crippen molar-refractivity contribution in [3.63, 3.8) is 0 Å². The Morgan fingerprint density at radius 2 is 2.11 bits per heavy atom. The molecule has 0 bridgehead atoms. The highest BCUT2D eigenvalue weighted by Crippen LogP contribution is 2.13. The highest BCUT2D eigenvalue weighted by atomic mass is 16.5. The van der Waals surface area contributed by atoms with Gasteiger partial charge >= 0.3 is 0 Å². The molecule has 0 aliphatic carbocycles. The van der Waals surface area contributed by atoms with Crippen molar-refractivity contribution in [2.75, 3.05) is 20.2 Å². The Kier molecular flexibility index (Phi) is 5.94. The van der Waals surface area contributed by atoms with Crippen molar-refractivity contribution in [2.45, 2.75) is 13.5 Å². The van der Waals surface area contributed by atoms with Crippen molar-refractivity contribution in [1.29, 1.82) is 0 Å². The van der Waals surface area contributed by atoms with Crippen molar-refractivity contribution in [3.05, 3.63) is 42.5 Å². The first-order valence-corrected chi connectivity index (χ1v) is 5.83. The summed E-state index contributed by atoms with van der Waals surface area (Å²) < 4.78 is 5.12. The molecule has 4 nitrogen and oxygen atoms in total. The lowest BCUT2D eigenvalue weighted by Gasteiger charge is -2.20. The van der Waals surface area contributed by atoms with Crippen LogP contribution in [0.15, 0.2) is 42.1 Å². The maximum atomic E-state index is 8.71. The predicted molar refractivity (Wildman–Crippen MR) is 73.4 cm³/mol. The molecule has 0 amide bonds. The van der Waals surface area contributed by atoms with Crippen LogP contribution in [0.1, 0.15) is 12.5 Å². The van der Waals surface area contributed by atoms with Crippen LogP contribution < -0.4 is 4.74 Å². The number of ether oxygens (including phenoxy) is 1. The molecular weight excluding hydrogens is 228 g/mol. The zero-order valence-electron chi connectivity index (χ0n) is 11.0. The molecule has 0 atom stereocenters. The largest absolute Gasteiger partial charge is 0.497 e. The van der Waals surface area contributed by atoms with Crippen molar-refractivity contribution >= 4 is 5.71 Å². The third kappa shape index (κ3) is 4.59. The molecule has 1 rings (SSSR count). The summed E-state index contributed by atoms with van der Waals surface area (Å²) in [6, 6.07) is 7.93. The molecule has 0 fully saturated rings. The minimum Gasteiger partial charge on any atom is -0.497 e. The molecule has 0 aliphatic rings. The second-order valence-corrected chi connectivity index (χ2v) is 4.14. The Morgan fingerprint density at radius 3 is 2.61 bits per heavy atom. The maximum absolute atomic E-state index is 8.71. The van der Waals surface area contributed by atoms with E-state index in [2.05, 4.69) is 16.6 Å². The van der Waals surface area contributed by atoms with Gasteiger partial charge in [-0.05, 0) is 24.6 Å². The lowest BCUT2D eigenvalue weighted by Crippen LogP contribution is -2.28. The van der Waals surface area contributed by atoms with Gasteiger partial charge in [0.25, 0.3) is 0 Å².